The predicted molar refractivity (Wildman–Crippen MR) is 102 cm³/mol. The van der Waals surface area contributed by atoms with Crippen molar-refractivity contribution in [2.45, 2.75) is 37.7 Å². The molecule has 7 nitrogen and oxygen atoms in total. The predicted octanol–water partition coefficient (Wildman–Crippen LogP) is 2.47. The Labute approximate surface area is 159 Å². The maximum atomic E-state index is 12.5. The Balaban J connectivity index is 1.48. The second-order valence-electron chi connectivity index (χ2n) is 7.09. The Hall–Kier alpha value is -2.54. The van der Waals surface area contributed by atoms with Crippen LogP contribution in [0.25, 0.3) is 11.4 Å². The van der Waals surface area contributed by atoms with Gasteiger partial charge in [0, 0.05) is 62.4 Å². The molecular weight excluding hydrogens is 342 g/mol. The lowest BCUT2D eigenvalue weighted by atomic mass is 9.92. The first-order valence-corrected chi connectivity index (χ1v) is 9.62. The van der Waals surface area contributed by atoms with Gasteiger partial charge in [-0.15, -0.1) is 0 Å². The summed E-state index contributed by atoms with van der Waals surface area (Å²) in [6.45, 7) is 2.21. The van der Waals surface area contributed by atoms with Crippen molar-refractivity contribution >= 4 is 11.7 Å². The number of rotatable bonds is 4. The van der Waals surface area contributed by atoms with Crippen molar-refractivity contribution in [2.75, 3.05) is 32.1 Å². The zero-order valence-electron chi connectivity index (χ0n) is 15.6. The highest BCUT2D eigenvalue weighted by molar-refractivity contribution is 5.81. The first-order chi connectivity index (χ1) is 13.2. The number of carbonyl (C=O) groups excluding carboxylic acids is 1. The summed E-state index contributed by atoms with van der Waals surface area (Å²) in [6, 6.07) is 5.87. The zero-order valence-corrected chi connectivity index (χ0v) is 15.6. The molecule has 2 aliphatic heterocycles. The van der Waals surface area contributed by atoms with Crippen LogP contribution in [0.1, 0.15) is 37.3 Å². The molecule has 4 heterocycles. The molecule has 0 aliphatic carbocycles. The van der Waals surface area contributed by atoms with Crippen LogP contribution < -0.4 is 5.32 Å². The third kappa shape index (κ3) is 3.93. The average Bonchev–Trinajstić information content (AvgIpc) is 3.28. The number of ether oxygens (including phenoxy) is 1. The van der Waals surface area contributed by atoms with Gasteiger partial charge in [-0.1, -0.05) is 0 Å². The molecule has 1 atom stereocenters. The highest BCUT2D eigenvalue weighted by Gasteiger charge is 2.31. The van der Waals surface area contributed by atoms with Crippen molar-refractivity contribution in [3.8, 4) is 11.4 Å². The fraction of sp³-hybridized carbons (Fsp3) is 0.500. The van der Waals surface area contributed by atoms with Crippen LogP contribution in [-0.4, -0.2) is 58.6 Å². The molecular formula is C20H25N5O2. The largest absolute Gasteiger partial charge is 0.373 e. The Morgan fingerprint density at radius 1 is 1.26 bits per heavy atom. The van der Waals surface area contributed by atoms with Crippen molar-refractivity contribution in [3.63, 3.8) is 0 Å². The lowest BCUT2D eigenvalue weighted by Gasteiger charge is -2.33. The monoisotopic (exact) mass is 367 g/mol. The lowest BCUT2D eigenvalue weighted by molar-refractivity contribution is -0.142. The number of aromatic nitrogens is 3. The van der Waals surface area contributed by atoms with Crippen LogP contribution in [-0.2, 0) is 9.53 Å². The molecule has 0 bridgehead atoms. The number of likely N-dealkylation sites (tertiary alicyclic amines) is 1. The summed E-state index contributed by atoms with van der Waals surface area (Å²) < 4.78 is 5.55. The molecule has 2 aromatic rings. The van der Waals surface area contributed by atoms with Crippen molar-refractivity contribution in [1.82, 2.24) is 19.9 Å². The number of carbonyl (C=O) groups is 1. The molecule has 27 heavy (non-hydrogen) atoms. The Morgan fingerprint density at radius 2 is 2.11 bits per heavy atom. The molecule has 0 spiro atoms. The Bertz CT molecular complexity index is 784. The average molecular weight is 367 g/mol. The lowest BCUT2D eigenvalue weighted by Crippen LogP contribution is -2.43. The highest BCUT2D eigenvalue weighted by atomic mass is 16.5. The van der Waals surface area contributed by atoms with E-state index in [0.29, 0.717) is 18.3 Å². The molecule has 0 aromatic carbocycles. The van der Waals surface area contributed by atoms with E-state index in [-0.39, 0.29) is 12.0 Å². The quantitative estimate of drug-likeness (QED) is 0.894. The number of piperidine rings is 1. The van der Waals surface area contributed by atoms with E-state index in [1.165, 1.54) is 0 Å². The van der Waals surface area contributed by atoms with Gasteiger partial charge in [0.1, 0.15) is 11.9 Å². The normalized spacial score (nSPS) is 20.6. The van der Waals surface area contributed by atoms with Crippen LogP contribution in [0.3, 0.4) is 0 Å². The van der Waals surface area contributed by atoms with Gasteiger partial charge in [-0.2, -0.15) is 0 Å². The third-order valence-corrected chi connectivity index (χ3v) is 5.35. The van der Waals surface area contributed by atoms with Gasteiger partial charge in [-0.3, -0.25) is 9.78 Å². The third-order valence-electron chi connectivity index (χ3n) is 5.35. The fourth-order valence-corrected chi connectivity index (χ4v) is 3.80. The molecule has 2 saturated heterocycles. The van der Waals surface area contributed by atoms with Gasteiger partial charge < -0.3 is 15.0 Å². The van der Waals surface area contributed by atoms with Crippen LogP contribution in [0.2, 0.25) is 0 Å². The van der Waals surface area contributed by atoms with E-state index in [4.69, 9.17) is 9.72 Å². The van der Waals surface area contributed by atoms with E-state index in [1.54, 1.807) is 12.4 Å². The van der Waals surface area contributed by atoms with E-state index in [1.807, 2.05) is 30.1 Å². The van der Waals surface area contributed by atoms with E-state index >= 15 is 0 Å². The summed E-state index contributed by atoms with van der Waals surface area (Å²) in [5, 5.41) is 3.13. The maximum absolute atomic E-state index is 12.5. The molecule has 7 heteroatoms. The van der Waals surface area contributed by atoms with Gasteiger partial charge in [-0.05, 0) is 37.8 Å². The number of hydrogen-bond donors (Lipinski definition) is 1. The Kier molecular flexibility index (Phi) is 5.29. The van der Waals surface area contributed by atoms with Crippen molar-refractivity contribution in [2.24, 2.45) is 0 Å². The summed E-state index contributed by atoms with van der Waals surface area (Å²) in [5.74, 6) is 1.96. The van der Waals surface area contributed by atoms with E-state index in [2.05, 4.69) is 15.3 Å². The van der Waals surface area contributed by atoms with Crippen molar-refractivity contribution in [1.29, 1.82) is 0 Å². The van der Waals surface area contributed by atoms with E-state index in [9.17, 15) is 4.79 Å². The topological polar surface area (TPSA) is 80.2 Å². The molecule has 2 fully saturated rings. The SMILES string of the molecule is CNc1cc(C2CCN(C(=O)[C@@H]3CCCO3)CC2)nc(-c2cccnc2)n1. The molecule has 0 unspecified atom stereocenters. The van der Waals surface area contributed by atoms with E-state index in [0.717, 1.165) is 55.8 Å². The summed E-state index contributed by atoms with van der Waals surface area (Å²) >= 11 is 0. The van der Waals surface area contributed by atoms with Crippen molar-refractivity contribution in [3.05, 3.63) is 36.3 Å². The van der Waals surface area contributed by atoms with Gasteiger partial charge in [0.15, 0.2) is 5.82 Å². The Morgan fingerprint density at radius 3 is 2.78 bits per heavy atom. The molecule has 142 valence electrons. The van der Waals surface area contributed by atoms with Gasteiger partial charge in [-0.25, -0.2) is 9.97 Å². The van der Waals surface area contributed by atoms with Crippen LogP contribution in [0.4, 0.5) is 5.82 Å². The first-order valence-electron chi connectivity index (χ1n) is 9.62. The van der Waals surface area contributed by atoms with E-state index < -0.39 is 0 Å². The first kappa shape index (κ1) is 17.9. The molecule has 1 N–H and O–H groups in total. The summed E-state index contributed by atoms with van der Waals surface area (Å²) in [6.07, 6.45) is 6.95. The number of amides is 1. The smallest absolute Gasteiger partial charge is 0.251 e. The minimum Gasteiger partial charge on any atom is -0.373 e. The number of nitrogens with zero attached hydrogens (tertiary/aromatic N) is 4. The second-order valence-corrected chi connectivity index (χ2v) is 7.09. The number of nitrogens with one attached hydrogen (secondary N) is 1. The molecule has 4 rings (SSSR count). The molecule has 0 radical (unpaired) electrons. The van der Waals surface area contributed by atoms with Gasteiger partial charge in [0.25, 0.3) is 5.91 Å². The van der Waals surface area contributed by atoms with Gasteiger partial charge in [0.05, 0.1) is 0 Å². The fourth-order valence-electron chi connectivity index (χ4n) is 3.80. The number of hydrogen-bond acceptors (Lipinski definition) is 6. The summed E-state index contributed by atoms with van der Waals surface area (Å²) in [7, 11) is 1.86. The minimum absolute atomic E-state index is 0.153. The summed E-state index contributed by atoms with van der Waals surface area (Å²) in [4.78, 5) is 28.0. The standard InChI is InChI=1S/C20H25N5O2/c1-21-18-12-16(23-19(24-18)15-4-2-8-22-13-15)14-6-9-25(10-7-14)20(26)17-5-3-11-27-17/h2,4,8,12-14,17H,3,5-7,9-11H2,1H3,(H,21,23,24)/t17-/m0/s1. The zero-order chi connectivity index (χ0) is 18.6. The maximum Gasteiger partial charge on any atom is 0.251 e. The molecule has 2 aliphatic rings. The number of anilines is 1. The molecule has 1 amide bonds. The van der Waals surface area contributed by atoms with Crippen LogP contribution >= 0.6 is 0 Å². The van der Waals surface area contributed by atoms with Crippen LogP contribution in [0.5, 0.6) is 0 Å². The van der Waals surface area contributed by atoms with Crippen LogP contribution in [0, 0.1) is 0 Å². The van der Waals surface area contributed by atoms with Crippen molar-refractivity contribution < 1.29 is 9.53 Å². The van der Waals surface area contributed by atoms with Gasteiger partial charge >= 0.3 is 0 Å². The summed E-state index contributed by atoms with van der Waals surface area (Å²) in [5.41, 5.74) is 1.93. The number of pyridine rings is 1. The highest BCUT2D eigenvalue weighted by Crippen LogP contribution is 2.30. The van der Waals surface area contributed by atoms with Gasteiger partial charge in [0.2, 0.25) is 0 Å². The minimum atomic E-state index is -0.228. The second kappa shape index (κ2) is 8.00. The molecule has 0 saturated carbocycles. The molecule has 2 aromatic heterocycles. The van der Waals surface area contributed by atoms with Crippen LogP contribution in [0.15, 0.2) is 30.6 Å².